The Kier molecular flexibility index (Phi) is 10.4. The van der Waals surface area contributed by atoms with Gasteiger partial charge < -0.3 is 9.47 Å². The third kappa shape index (κ3) is 9.66. The average molecular weight is 172 g/mol. The van der Waals surface area contributed by atoms with Gasteiger partial charge in [0.2, 0.25) is 0 Å². The number of hydrogen-bond acceptors (Lipinski definition) is 2. The van der Waals surface area contributed by atoms with Crippen LogP contribution in [0.15, 0.2) is 12.7 Å². The fourth-order valence-corrected chi connectivity index (χ4v) is 0.821. The normalized spacial score (nSPS) is 10.1. The van der Waals surface area contributed by atoms with Crippen LogP contribution in [-0.2, 0) is 9.47 Å². The zero-order valence-electron chi connectivity index (χ0n) is 8.05. The zero-order valence-corrected chi connectivity index (χ0v) is 8.05. The van der Waals surface area contributed by atoms with Gasteiger partial charge in [0.15, 0.2) is 0 Å². The van der Waals surface area contributed by atoms with Crippen molar-refractivity contribution in [1.82, 2.24) is 0 Å². The van der Waals surface area contributed by atoms with Crippen molar-refractivity contribution in [2.24, 2.45) is 0 Å². The van der Waals surface area contributed by atoms with E-state index in [0.29, 0.717) is 6.61 Å². The van der Waals surface area contributed by atoms with Crippen molar-refractivity contribution >= 4 is 0 Å². The van der Waals surface area contributed by atoms with E-state index >= 15 is 0 Å². The van der Waals surface area contributed by atoms with Gasteiger partial charge in [0.25, 0.3) is 0 Å². The summed E-state index contributed by atoms with van der Waals surface area (Å²) in [5.41, 5.74) is 0. The van der Waals surface area contributed by atoms with Gasteiger partial charge in [-0.05, 0) is 19.3 Å². The van der Waals surface area contributed by atoms with E-state index in [-0.39, 0.29) is 0 Å². The highest BCUT2D eigenvalue weighted by Crippen LogP contribution is 1.92. The first-order valence-corrected chi connectivity index (χ1v) is 4.68. The Hall–Kier alpha value is -0.340. The summed E-state index contributed by atoms with van der Waals surface area (Å²) in [7, 11) is 0. The van der Waals surface area contributed by atoms with Gasteiger partial charge >= 0.3 is 0 Å². The first-order chi connectivity index (χ1) is 5.91. The molecule has 0 rings (SSSR count). The molecule has 0 unspecified atom stereocenters. The monoisotopic (exact) mass is 172 g/mol. The molecule has 0 aliphatic carbocycles. The highest BCUT2D eigenvalue weighted by atomic mass is 16.5. The molecule has 0 atom stereocenters. The Labute approximate surface area is 75.6 Å². The van der Waals surface area contributed by atoms with E-state index in [4.69, 9.17) is 9.47 Å². The summed E-state index contributed by atoms with van der Waals surface area (Å²) in [4.78, 5) is 0. The fraction of sp³-hybridized carbons (Fsp3) is 0.800. The molecule has 12 heavy (non-hydrogen) atoms. The van der Waals surface area contributed by atoms with Crippen LogP contribution in [0.4, 0.5) is 0 Å². The molecule has 0 amide bonds. The molecule has 0 aliphatic heterocycles. The third-order valence-electron chi connectivity index (χ3n) is 1.41. The molecule has 72 valence electrons. The lowest BCUT2D eigenvalue weighted by molar-refractivity contribution is 0.113. The maximum absolute atomic E-state index is 5.31. The molecule has 0 N–H and O–H groups in total. The zero-order chi connectivity index (χ0) is 9.07. The average Bonchev–Trinajstić information content (AvgIpc) is 2.10. The molecule has 0 aromatic rings. The van der Waals surface area contributed by atoms with Gasteiger partial charge in [0.05, 0.1) is 6.61 Å². The molecular weight excluding hydrogens is 152 g/mol. The minimum atomic E-state index is 0.663. The van der Waals surface area contributed by atoms with Crippen molar-refractivity contribution in [3.8, 4) is 0 Å². The van der Waals surface area contributed by atoms with E-state index in [1.807, 2.05) is 0 Å². The summed E-state index contributed by atoms with van der Waals surface area (Å²) in [6.07, 6.45) is 5.05. The first kappa shape index (κ1) is 11.7. The summed E-state index contributed by atoms with van der Waals surface area (Å²) in [6, 6.07) is 0. The molecule has 0 aliphatic rings. The molecule has 0 aromatic heterocycles. The molecule has 0 radical (unpaired) electrons. The minimum absolute atomic E-state index is 0.663. The van der Waals surface area contributed by atoms with Gasteiger partial charge in [-0.2, -0.15) is 0 Å². The van der Waals surface area contributed by atoms with Crippen molar-refractivity contribution in [2.75, 3.05) is 26.4 Å². The van der Waals surface area contributed by atoms with E-state index < -0.39 is 0 Å². The topological polar surface area (TPSA) is 18.5 Å². The molecule has 0 heterocycles. The predicted molar refractivity (Wildman–Crippen MR) is 51.4 cm³/mol. The summed E-state index contributed by atoms with van der Waals surface area (Å²) in [6.45, 7) is 8.92. The van der Waals surface area contributed by atoms with Gasteiger partial charge in [-0.15, -0.1) is 6.58 Å². The van der Waals surface area contributed by atoms with Gasteiger partial charge in [0, 0.05) is 19.8 Å². The quantitative estimate of drug-likeness (QED) is 0.393. The summed E-state index contributed by atoms with van der Waals surface area (Å²) >= 11 is 0. The van der Waals surface area contributed by atoms with Crippen LogP contribution >= 0.6 is 0 Å². The third-order valence-corrected chi connectivity index (χ3v) is 1.41. The molecule has 0 saturated carbocycles. The maximum atomic E-state index is 5.31. The van der Waals surface area contributed by atoms with Crippen LogP contribution in [0.1, 0.15) is 26.2 Å². The smallest absolute Gasteiger partial charge is 0.0644 e. The predicted octanol–water partition coefficient (Wildman–Crippen LogP) is 2.40. The Morgan fingerprint density at radius 3 is 2.33 bits per heavy atom. The molecule has 0 saturated heterocycles. The van der Waals surface area contributed by atoms with Gasteiger partial charge in [-0.3, -0.25) is 0 Å². The fourth-order valence-electron chi connectivity index (χ4n) is 0.821. The van der Waals surface area contributed by atoms with Crippen LogP contribution < -0.4 is 0 Å². The van der Waals surface area contributed by atoms with Crippen LogP contribution in [0.5, 0.6) is 0 Å². The number of hydrogen-bond donors (Lipinski definition) is 0. The van der Waals surface area contributed by atoms with Crippen molar-refractivity contribution in [2.45, 2.75) is 26.2 Å². The molecular formula is C10H20O2. The molecule has 0 bridgehead atoms. The van der Waals surface area contributed by atoms with Crippen LogP contribution in [-0.4, -0.2) is 26.4 Å². The van der Waals surface area contributed by atoms with E-state index in [1.165, 1.54) is 0 Å². The molecule has 2 nitrogen and oxygen atoms in total. The van der Waals surface area contributed by atoms with Crippen LogP contribution in [0.2, 0.25) is 0 Å². The van der Waals surface area contributed by atoms with Crippen molar-refractivity contribution in [1.29, 1.82) is 0 Å². The van der Waals surface area contributed by atoms with Gasteiger partial charge in [0.1, 0.15) is 0 Å². The second kappa shape index (κ2) is 10.7. The van der Waals surface area contributed by atoms with E-state index in [2.05, 4.69) is 13.5 Å². The lowest BCUT2D eigenvalue weighted by Crippen LogP contribution is -1.99. The van der Waals surface area contributed by atoms with Gasteiger partial charge in [-0.25, -0.2) is 0 Å². The van der Waals surface area contributed by atoms with Crippen LogP contribution in [0.3, 0.4) is 0 Å². The Morgan fingerprint density at radius 2 is 1.75 bits per heavy atom. The number of unbranched alkanes of at least 4 members (excludes halogenated alkanes) is 1. The second-order valence-electron chi connectivity index (χ2n) is 2.68. The number of rotatable bonds is 9. The van der Waals surface area contributed by atoms with Crippen molar-refractivity contribution in [3.05, 3.63) is 12.7 Å². The largest absolute Gasteiger partial charge is 0.381 e. The lowest BCUT2D eigenvalue weighted by Gasteiger charge is -2.02. The molecule has 0 fully saturated rings. The highest BCUT2D eigenvalue weighted by molar-refractivity contribution is 4.63. The minimum Gasteiger partial charge on any atom is -0.381 e. The van der Waals surface area contributed by atoms with Crippen LogP contribution in [0.25, 0.3) is 0 Å². The summed E-state index contributed by atoms with van der Waals surface area (Å²) in [5.74, 6) is 0. The second-order valence-corrected chi connectivity index (χ2v) is 2.68. The molecule has 2 heteroatoms. The Balaban J connectivity index is 2.77. The maximum Gasteiger partial charge on any atom is 0.0644 e. The van der Waals surface area contributed by atoms with Crippen molar-refractivity contribution in [3.63, 3.8) is 0 Å². The van der Waals surface area contributed by atoms with Crippen LogP contribution in [0, 0.1) is 0 Å². The SMILES string of the molecule is C=CCOCCCCOCCC. The Morgan fingerprint density at radius 1 is 1.08 bits per heavy atom. The standard InChI is InChI=1S/C10H20O2/c1-3-7-11-9-5-6-10-12-8-4-2/h3H,1,4-10H2,2H3. The van der Waals surface area contributed by atoms with E-state index in [1.54, 1.807) is 6.08 Å². The Bertz CT molecular complexity index is 91.8. The van der Waals surface area contributed by atoms with E-state index in [9.17, 15) is 0 Å². The molecule has 0 aromatic carbocycles. The highest BCUT2D eigenvalue weighted by Gasteiger charge is 1.88. The first-order valence-electron chi connectivity index (χ1n) is 4.68. The van der Waals surface area contributed by atoms with Crippen molar-refractivity contribution < 1.29 is 9.47 Å². The summed E-state index contributed by atoms with van der Waals surface area (Å²) in [5, 5.41) is 0. The van der Waals surface area contributed by atoms with Gasteiger partial charge in [-0.1, -0.05) is 13.0 Å². The molecule has 0 spiro atoms. The lowest BCUT2D eigenvalue weighted by atomic mass is 10.3. The summed E-state index contributed by atoms with van der Waals surface area (Å²) < 4.78 is 10.5. The number of ether oxygens (including phenoxy) is 2. The van der Waals surface area contributed by atoms with E-state index in [0.717, 1.165) is 39.1 Å².